The van der Waals surface area contributed by atoms with Crippen LogP contribution in [0.3, 0.4) is 0 Å². The Morgan fingerprint density at radius 1 is 1.32 bits per heavy atom. The summed E-state index contributed by atoms with van der Waals surface area (Å²) in [6, 6.07) is 9.00. The molecule has 0 spiro atoms. The fourth-order valence-corrected chi connectivity index (χ4v) is 4.53. The van der Waals surface area contributed by atoms with E-state index in [0.717, 1.165) is 5.92 Å². The monoisotopic (exact) mass is 273 g/mol. The highest BCUT2D eigenvalue weighted by molar-refractivity contribution is 7.17. The molecule has 3 atom stereocenters. The minimum Gasteiger partial charge on any atom is -0.324 e. The summed E-state index contributed by atoms with van der Waals surface area (Å²) in [5.41, 5.74) is 7.99. The van der Waals surface area contributed by atoms with Crippen LogP contribution in [-0.2, 0) is 0 Å². The van der Waals surface area contributed by atoms with Gasteiger partial charge < -0.3 is 5.73 Å². The molecule has 2 aromatic rings. The minimum absolute atomic E-state index is 0.219. The van der Waals surface area contributed by atoms with Crippen LogP contribution in [0.4, 0.5) is 0 Å². The lowest BCUT2D eigenvalue weighted by molar-refractivity contribution is 0.231. The second-order valence-electron chi connectivity index (χ2n) is 5.91. The number of thiophene rings is 1. The number of nitrogens with two attached hydrogens (primary N) is 1. The van der Waals surface area contributed by atoms with E-state index in [-0.39, 0.29) is 6.04 Å². The number of hydrogen-bond donors (Lipinski definition) is 1. The molecule has 1 aromatic heterocycles. The number of benzene rings is 1. The zero-order chi connectivity index (χ0) is 13.2. The fourth-order valence-electron chi connectivity index (χ4n) is 3.56. The molecular weight excluding hydrogens is 250 g/mol. The fraction of sp³-hybridized carbons (Fsp3) is 0.529. The molecule has 3 unspecified atom stereocenters. The Kier molecular flexibility index (Phi) is 3.90. The average molecular weight is 273 g/mol. The van der Waals surface area contributed by atoms with Crippen LogP contribution < -0.4 is 5.73 Å². The molecule has 1 aromatic carbocycles. The van der Waals surface area contributed by atoms with Gasteiger partial charge in [-0.25, -0.2) is 0 Å². The SMILES string of the molecule is CCC1CCCC(C(N)c2cccc3ccsc23)C1. The van der Waals surface area contributed by atoms with Crippen LogP contribution in [0, 0.1) is 11.8 Å². The van der Waals surface area contributed by atoms with Crippen LogP contribution in [-0.4, -0.2) is 0 Å². The van der Waals surface area contributed by atoms with Crippen molar-refractivity contribution in [2.75, 3.05) is 0 Å². The van der Waals surface area contributed by atoms with Gasteiger partial charge in [0.2, 0.25) is 0 Å². The molecule has 0 bridgehead atoms. The Hall–Kier alpha value is -0.860. The minimum atomic E-state index is 0.219. The van der Waals surface area contributed by atoms with Gasteiger partial charge in [0.25, 0.3) is 0 Å². The molecule has 0 radical (unpaired) electrons. The van der Waals surface area contributed by atoms with Gasteiger partial charge in [-0.05, 0) is 47.1 Å². The van der Waals surface area contributed by atoms with Crippen LogP contribution in [0.25, 0.3) is 10.1 Å². The molecular formula is C17H23NS. The second kappa shape index (κ2) is 5.64. The van der Waals surface area contributed by atoms with Gasteiger partial charge in [-0.2, -0.15) is 0 Å². The van der Waals surface area contributed by atoms with Crippen LogP contribution in [0.2, 0.25) is 0 Å². The quantitative estimate of drug-likeness (QED) is 0.825. The highest BCUT2D eigenvalue weighted by atomic mass is 32.1. The van der Waals surface area contributed by atoms with Crippen molar-refractivity contribution in [2.45, 2.75) is 45.1 Å². The summed E-state index contributed by atoms with van der Waals surface area (Å²) in [7, 11) is 0. The van der Waals surface area contributed by atoms with E-state index in [2.05, 4.69) is 36.6 Å². The lowest BCUT2D eigenvalue weighted by atomic mass is 9.75. The molecule has 2 N–H and O–H groups in total. The number of hydrogen-bond acceptors (Lipinski definition) is 2. The van der Waals surface area contributed by atoms with Gasteiger partial charge in [-0.15, -0.1) is 11.3 Å². The number of rotatable bonds is 3. The van der Waals surface area contributed by atoms with Crippen LogP contribution in [0.5, 0.6) is 0 Å². The first-order valence-corrected chi connectivity index (χ1v) is 8.39. The van der Waals surface area contributed by atoms with Gasteiger partial charge in [-0.1, -0.05) is 44.4 Å². The molecule has 19 heavy (non-hydrogen) atoms. The molecule has 1 fully saturated rings. The largest absolute Gasteiger partial charge is 0.324 e. The van der Waals surface area contributed by atoms with Crippen LogP contribution in [0.15, 0.2) is 29.6 Å². The lowest BCUT2D eigenvalue weighted by Gasteiger charge is -2.32. The standard InChI is InChI=1S/C17H23NS/c1-2-12-5-3-7-14(11-12)16(18)15-8-4-6-13-9-10-19-17(13)15/h4,6,8-10,12,14,16H,2-3,5,7,11,18H2,1H3. The van der Waals surface area contributed by atoms with Crippen molar-refractivity contribution < 1.29 is 0 Å². The van der Waals surface area contributed by atoms with Crippen molar-refractivity contribution >= 4 is 21.4 Å². The summed E-state index contributed by atoms with van der Waals surface area (Å²) in [5.74, 6) is 1.57. The van der Waals surface area contributed by atoms with Crippen molar-refractivity contribution in [1.29, 1.82) is 0 Å². The molecule has 0 saturated heterocycles. The van der Waals surface area contributed by atoms with Gasteiger partial charge >= 0.3 is 0 Å². The summed E-state index contributed by atoms with van der Waals surface area (Å²) < 4.78 is 1.40. The maximum absolute atomic E-state index is 6.62. The second-order valence-corrected chi connectivity index (χ2v) is 6.83. The van der Waals surface area contributed by atoms with Gasteiger partial charge in [0, 0.05) is 10.7 Å². The van der Waals surface area contributed by atoms with Gasteiger partial charge in [0.1, 0.15) is 0 Å². The van der Waals surface area contributed by atoms with Crippen molar-refractivity contribution in [2.24, 2.45) is 17.6 Å². The Balaban J connectivity index is 1.86. The van der Waals surface area contributed by atoms with Crippen molar-refractivity contribution in [3.8, 4) is 0 Å². The molecule has 1 aliphatic rings. The summed E-state index contributed by atoms with van der Waals surface area (Å²) in [6.45, 7) is 2.32. The Morgan fingerprint density at radius 3 is 3.05 bits per heavy atom. The Labute approximate surface area is 119 Å². The van der Waals surface area contributed by atoms with Crippen LogP contribution >= 0.6 is 11.3 Å². The summed E-state index contributed by atoms with van der Waals surface area (Å²) in [6.07, 6.45) is 6.70. The molecule has 1 aliphatic carbocycles. The molecule has 102 valence electrons. The van der Waals surface area contributed by atoms with E-state index in [1.54, 1.807) is 0 Å². The molecule has 1 heterocycles. The van der Waals surface area contributed by atoms with Crippen molar-refractivity contribution in [3.05, 3.63) is 35.2 Å². The predicted octanol–water partition coefficient (Wildman–Crippen LogP) is 5.12. The normalized spacial score (nSPS) is 25.6. The van der Waals surface area contributed by atoms with E-state index in [4.69, 9.17) is 5.73 Å². The van der Waals surface area contributed by atoms with Crippen LogP contribution in [0.1, 0.15) is 50.6 Å². The van der Waals surface area contributed by atoms with E-state index in [1.807, 2.05) is 11.3 Å². The van der Waals surface area contributed by atoms with E-state index in [1.165, 1.54) is 47.8 Å². The Morgan fingerprint density at radius 2 is 2.21 bits per heavy atom. The highest BCUT2D eigenvalue weighted by Gasteiger charge is 2.27. The topological polar surface area (TPSA) is 26.0 Å². The zero-order valence-corrected chi connectivity index (χ0v) is 12.5. The smallest absolute Gasteiger partial charge is 0.0390 e. The maximum atomic E-state index is 6.62. The van der Waals surface area contributed by atoms with Crippen molar-refractivity contribution in [3.63, 3.8) is 0 Å². The molecule has 2 heteroatoms. The van der Waals surface area contributed by atoms with Gasteiger partial charge in [-0.3, -0.25) is 0 Å². The lowest BCUT2D eigenvalue weighted by Crippen LogP contribution is -2.26. The summed E-state index contributed by atoms with van der Waals surface area (Å²) >= 11 is 1.83. The zero-order valence-electron chi connectivity index (χ0n) is 11.6. The maximum Gasteiger partial charge on any atom is 0.0390 e. The third-order valence-electron chi connectivity index (χ3n) is 4.78. The first-order chi connectivity index (χ1) is 9.29. The van der Waals surface area contributed by atoms with E-state index in [0.29, 0.717) is 5.92 Å². The Bertz CT molecular complexity index is 545. The summed E-state index contributed by atoms with van der Waals surface area (Å²) in [5, 5.41) is 3.53. The molecule has 3 rings (SSSR count). The average Bonchev–Trinajstić information content (AvgIpc) is 2.95. The molecule has 1 saturated carbocycles. The highest BCUT2D eigenvalue weighted by Crippen LogP contribution is 2.39. The van der Waals surface area contributed by atoms with E-state index in [9.17, 15) is 0 Å². The molecule has 0 aliphatic heterocycles. The van der Waals surface area contributed by atoms with Gasteiger partial charge in [0.05, 0.1) is 0 Å². The first kappa shape index (κ1) is 13.1. The summed E-state index contributed by atoms with van der Waals surface area (Å²) in [4.78, 5) is 0. The van der Waals surface area contributed by atoms with E-state index >= 15 is 0 Å². The molecule has 1 nitrogen and oxygen atoms in total. The first-order valence-electron chi connectivity index (χ1n) is 7.51. The third kappa shape index (κ3) is 2.56. The van der Waals surface area contributed by atoms with Crippen molar-refractivity contribution in [1.82, 2.24) is 0 Å². The third-order valence-corrected chi connectivity index (χ3v) is 5.76. The predicted molar refractivity (Wildman–Crippen MR) is 84.5 cm³/mol. The van der Waals surface area contributed by atoms with Gasteiger partial charge in [0.15, 0.2) is 0 Å². The molecule has 0 amide bonds. The van der Waals surface area contributed by atoms with E-state index < -0.39 is 0 Å². The number of fused-ring (bicyclic) bond motifs is 1.